The van der Waals surface area contributed by atoms with Crippen molar-refractivity contribution in [3.8, 4) is 11.3 Å². The van der Waals surface area contributed by atoms with Gasteiger partial charge in [0.2, 0.25) is 0 Å². The van der Waals surface area contributed by atoms with Crippen molar-refractivity contribution in [2.75, 3.05) is 0 Å². The average molecular weight is 427 g/mol. The SMILES string of the molecule is Cc1cc(CNC(=O)c2nn3c(C)c(-c4ccc5ccccc5c4)[nH]c(=O)c3c2C)on1. The highest BCUT2D eigenvalue weighted by Gasteiger charge is 2.21. The van der Waals surface area contributed by atoms with E-state index in [4.69, 9.17) is 4.52 Å². The van der Waals surface area contributed by atoms with Crippen LogP contribution in [0.5, 0.6) is 0 Å². The maximum absolute atomic E-state index is 13.0. The van der Waals surface area contributed by atoms with Crippen LogP contribution in [0.25, 0.3) is 27.5 Å². The molecule has 0 aliphatic carbocycles. The predicted octanol–water partition coefficient (Wildman–Crippen LogP) is 3.69. The first kappa shape index (κ1) is 19.7. The maximum atomic E-state index is 13.0. The van der Waals surface area contributed by atoms with Gasteiger partial charge in [-0.05, 0) is 37.6 Å². The lowest BCUT2D eigenvalue weighted by atomic mass is 10.0. The lowest BCUT2D eigenvalue weighted by Crippen LogP contribution is -2.23. The van der Waals surface area contributed by atoms with E-state index in [1.807, 2.05) is 56.3 Å². The maximum Gasteiger partial charge on any atom is 0.274 e. The Kier molecular flexibility index (Phi) is 4.62. The molecule has 2 aromatic carbocycles. The molecule has 5 aromatic rings. The highest BCUT2D eigenvalue weighted by Crippen LogP contribution is 2.26. The van der Waals surface area contributed by atoms with E-state index in [1.54, 1.807) is 17.5 Å². The largest absolute Gasteiger partial charge is 0.359 e. The Morgan fingerprint density at radius 3 is 2.62 bits per heavy atom. The van der Waals surface area contributed by atoms with E-state index in [1.165, 1.54) is 0 Å². The first-order chi connectivity index (χ1) is 15.4. The first-order valence-electron chi connectivity index (χ1n) is 10.2. The van der Waals surface area contributed by atoms with E-state index in [-0.39, 0.29) is 23.7 Å². The van der Waals surface area contributed by atoms with Gasteiger partial charge < -0.3 is 14.8 Å². The van der Waals surface area contributed by atoms with E-state index in [0.29, 0.717) is 22.5 Å². The van der Waals surface area contributed by atoms with Crippen molar-refractivity contribution in [1.82, 2.24) is 25.1 Å². The molecule has 8 heteroatoms. The number of benzene rings is 2. The van der Waals surface area contributed by atoms with Crippen LogP contribution in [0.4, 0.5) is 0 Å². The molecule has 0 spiro atoms. The number of H-pyrrole nitrogens is 1. The summed E-state index contributed by atoms with van der Waals surface area (Å²) in [5.41, 5.74) is 3.79. The monoisotopic (exact) mass is 427 g/mol. The minimum Gasteiger partial charge on any atom is -0.359 e. The van der Waals surface area contributed by atoms with Crippen LogP contribution in [0.1, 0.15) is 33.2 Å². The summed E-state index contributed by atoms with van der Waals surface area (Å²) in [6.45, 7) is 5.59. The fourth-order valence-electron chi connectivity index (χ4n) is 3.97. The van der Waals surface area contributed by atoms with Gasteiger partial charge in [0.1, 0.15) is 5.52 Å². The number of rotatable bonds is 4. The van der Waals surface area contributed by atoms with Gasteiger partial charge in [0, 0.05) is 17.2 Å². The molecule has 0 radical (unpaired) electrons. The summed E-state index contributed by atoms with van der Waals surface area (Å²) in [5.74, 6) is 0.163. The Morgan fingerprint density at radius 1 is 1.09 bits per heavy atom. The van der Waals surface area contributed by atoms with Gasteiger partial charge in [-0.3, -0.25) is 9.59 Å². The smallest absolute Gasteiger partial charge is 0.274 e. The minimum absolute atomic E-state index is 0.185. The molecule has 0 aliphatic heterocycles. The molecule has 0 atom stereocenters. The van der Waals surface area contributed by atoms with Gasteiger partial charge in [0.25, 0.3) is 11.5 Å². The molecule has 0 saturated carbocycles. The van der Waals surface area contributed by atoms with E-state index in [9.17, 15) is 9.59 Å². The molecule has 160 valence electrons. The van der Waals surface area contributed by atoms with Gasteiger partial charge in [-0.15, -0.1) is 0 Å². The third kappa shape index (κ3) is 3.26. The molecule has 3 heterocycles. The number of aryl methyl sites for hydroxylation is 3. The van der Waals surface area contributed by atoms with Crippen LogP contribution in [-0.2, 0) is 6.54 Å². The van der Waals surface area contributed by atoms with E-state index < -0.39 is 0 Å². The zero-order valence-electron chi connectivity index (χ0n) is 17.9. The van der Waals surface area contributed by atoms with Crippen LogP contribution in [-0.4, -0.2) is 25.7 Å². The summed E-state index contributed by atoms with van der Waals surface area (Å²) in [6, 6.07) is 15.8. The number of hydrogen-bond acceptors (Lipinski definition) is 5. The first-order valence-corrected chi connectivity index (χ1v) is 10.2. The summed E-state index contributed by atoms with van der Waals surface area (Å²) in [7, 11) is 0. The molecule has 0 saturated heterocycles. The molecule has 1 amide bonds. The van der Waals surface area contributed by atoms with Gasteiger partial charge in [0.15, 0.2) is 11.5 Å². The van der Waals surface area contributed by atoms with Crippen molar-refractivity contribution in [2.24, 2.45) is 0 Å². The van der Waals surface area contributed by atoms with Crippen molar-refractivity contribution in [3.63, 3.8) is 0 Å². The Labute approximate surface area is 182 Å². The molecular formula is C24H21N5O3. The van der Waals surface area contributed by atoms with E-state index >= 15 is 0 Å². The quantitative estimate of drug-likeness (QED) is 0.455. The van der Waals surface area contributed by atoms with Crippen molar-refractivity contribution < 1.29 is 9.32 Å². The normalized spacial score (nSPS) is 11.3. The van der Waals surface area contributed by atoms with Crippen LogP contribution < -0.4 is 10.9 Å². The fraction of sp³-hybridized carbons (Fsp3) is 0.167. The van der Waals surface area contributed by atoms with Gasteiger partial charge in [0.05, 0.1) is 23.6 Å². The zero-order valence-corrected chi connectivity index (χ0v) is 17.9. The number of carbonyl (C=O) groups excluding carboxylic acids is 1. The molecular weight excluding hydrogens is 406 g/mol. The summed E-state index contributed by atoms with van der Waals surface area (Å²) in [4.78, 5) is 28.7. The van der Waals surface area contributed by atoms with Gasteiger partial charge in [-0.2, -0.15) is 5.10 Å². The molecule has 5 rings (SSSR count). The van der Waals surface area contributed by atoms with Crippen molar-refractivity contribution in [2.45, 2.75) is 27.3 Å². The number of amides is 1. The molecule has 0 fully saturated rings. The summed E-state index contributed by atoms with van der Waals surface area (Å²) in [6.07, 6.45) is 0. The van der Waals surface area contributed by atoms with Gasteiger partial charge in [-0.25, -0.2) is 4.52 Å². The van der Waals surface area contributed by atoms with Gasteiger partial charge >= 0.3 is 0 Å². The molecule has 32 heavy (non-hydrogen) atoms. The number of nitrogens with one attached hydrogen (secondary N) is 2. The summed E-state index contributed by atoms with van der Waals surface area (Å²) in [5, 5.41) is 13.3. The lowest BCUT2D eigenvalue weighted by Gasteiger charge is -2.09. The number of aromatic nitrogens is 4. The molecule has 0 aliphatic rings. The number of fused-ring (bicyclic) bond motifs is 2. The second-order valence-electron chi connectivity index (χ2n) is 7.83. The third-order valence-electron chi connectivity index (χ3n) is 5.61. The highest BCUT2D eigenvalue weighted by molar-refractivity contribution is 5.95. The van der Waals surface area contributed by atoms with Crippen LogP contribution in [0.15, 0.2) is 57.8 Å². The zero-order chi connectivity index (χ0) is 22.4. The van der Waals surface area contributed by atoms with Gasteiger partial charge in [-0.1, -0.05) is 41.6 Å². The molecule has 0 bridgehead atoms. The third-order valence-corrected chi connectivity index (χ3v) is 5.61. The van der Waals surface area contributed by atoms with E-state index in [2.05, 4.69) is 20.6 Å². The standard InChI is InChI=1S/C24H21N5O3/c1-13-10-19(32-28-13)12-25-23(30)20-14(2)22-24(31)26-21(15(3)29(22)27-20)18-9-8-16-6-4-5-7-17(16)11-18/h4-11H,12H2,1-3H3,(H,25,30)(H,26,31). The lowest BCUT2D eigenvalue weighted by molar-refractivity contribution is 0.0941. The second-order valence-corrected chi connectivity index (χ2v) is 7.83. The molecule has 8 nitrogen and oxygen atoms in total. The van der Waals surface area contributed by atoms with Crippen LogP contribution >= 0.6 is 0 Å². The summed E-state index contributed by atoms with van der Waals surface area (Å²) < 4.78 is 6.68. The number of carbonyl (C=O) groups is 1. The Hall–Kier alpha value is -4.20. The molecule has 2 N–H and O–H groups in total. The molecule has 0 unspecified atom stereocenters. The van der Waals surface area contributed by atoms with Crippen LogP contribution in [0, 0.1) is 20.8 Å². The average Bonchev–Trinajstić information content (AvgIpc) is 3.37. The Bertz CT molecular complexity index is 1560. The number of nitrogens with zero attached hydrogens (tertiary/aromatic N) is 3. The van der Waals surface area contributed by atoms with Crippen LogP contribution in [0.3, 0.4) is 0 Å². The Balaban J connectivity index is 1.55. The number of hydrogen-bond donors (Lipinski definition) is 2. The van der Waals surface area contributed by atoms with Crippen molar-refractivity contribution in [1.29, 1.82) is 0 Å². The van der Waals surface area contributed by atoms with Crippen LogP contribution in [0.2, 0.25) is 0 Å². The van der Waals surface area contributed by atoms with E-state index in [0.717, 1.165) is 27.7 Å². The topological polar surface area (TPSA) is 105 Å². The minimum atomic E-state index is -0.383. The number of aromatic amines is 1. The highest BCUT2D eigenvalue weighted by atomic mass is 16.5. The van der Waals surface area contributed by atoms with Crippen molar-refractivity contribution >= 4 is 22.2 Å². The molecule has 3 aromatic heterocycles. The Morgan fingerprint density at radius 2 is 1.88 bits per heavy atom. The van der Waals surface area contributed by atoms with Crippen molar-refractivity contribution in [3.05, 3.63) is 87.3 Å². The predicted molar refractivity (Wildman–Crippen MR) is 121 cm³/mol. The second kappa shape index (κ2) is 7.49. The fourth-order valence-corrected chi connectivity index (χ4v) is 3.97. The summed E-state index contributed by atoms with van der Waals surface area (Å²) >= 11 is 0.